The van der Waals surface area contributed by atoms with Gasteiger partial charge < -0.3 is 24.2 Å². The van der Waals surface area contributed by atoms with Crippen molar-refractivity contribution in [2.24, 2.45) is 0 Å². The van der Waals surface area contributed by atoms with E-state index in [1.165, 1.54) is 0 Å². The molecule has 0 aromatic rings. The van der Waals surface area contributed by atoms with Crippen molar-refractivity contribution >= 4 is 25.7 Å². The lowest BCUT2D eigenvalue weighted by atomic mass is 10.1. The molecule has 0 spiro atoms. The van der Waals surface area contributed by atoms with E-state index in [9.17, 15) is 28.9 Å². The maximum Gasteiger partial charge on any atom is 0.472 e. The Labute approximate surface area is 448 Å². The minimum atomic E-state index is -4.78. The van der Waals surface area contributed by atoms with Crippen LogP contribution in [0.3, 0.4) is 0 Å². The number of carbonyl (C=O) groups excluding carboxylic acids is 3. The van der Waals surface area contributed by atoms with Crippen LogP contribution in [0.15, 0.2) is 146 Å². The number of allylic oxidation sites excluding steroid dienone is 24. The quantitative estimate of drug-likeness (QED) is 0.0197. The predicted molar refractivity (Wildman–Crippen MR) is 306 cm³/mol. The SMILES string of the molecule is CC/C=C\C/C=C\C/C=C\C/C=C\C/C=C\CCCCCC(=O)OC(COC(=O)CCCCC/C=C\C/C=C\C/C=C\CC)COP(=O)(O)OCC(CO)OC(=O)CCCC/C=C\C/C=C\C/C=C\C/C=C\CC. The molecule has 12 heteroatoms. The number of esters is 3. The number of carbonyl (C=O) groups is 3. The highest BCUT2D eigenvalue weighted by atomic mass is 31.2. The Morgan fingerprint density at radius 2 is 0.662 bits per heavy atom. The summed E-state index contributed by atoms with van der Waals surface area (Å²) < 4.78 is 39.4. The first-order chi connectivity index (χ1) is 36.2. The van der Waals surface area contributed by atoms with Gasteiger partial charge in [0, 0.05) is 19.3 Å². The van der Waals surface area contributed by atoms with Crippen molar-refractivity contribution in [2.45, 2.75) is 200 Å². The standard InChI is InChI=1S/C62H97O11P/c1-4-7-10-13-16-19-22-25-27-28-29-30-32-35-38-41-44-47-50-53-62(66)73-59(55-69-60(64)51-48-45-42-39-36-33-24-21-18-15-12-9-6-3)57-71-74(67,68)70-56-58(54-63)72-61(65)52-49-46-43-40-37-34-31-26-23-20-17-14-11-8-5-2/h7-12,16-21,25-27,29-31,33,35-38,40,58-59,63H,4-6,13-15,22-24,28,32,34,39,41-57H2,1-3H3,(H,67,68)/b10-7-,11-8-,12-9-,19-16-,20-17-,21-18-,27-25-,30-29-,31-26-,36-33-,38-35-,40-37-. The summed E-state index contributed by atoms with van der Waals surface area (Å²) in [6, 6.07) is 0. The van der Waals surface area contributed by atoms with Crippen LogP contribution in [-0.4, -0.2) is 66.5 Å². The molecule has 74 heavy (non-hydrogen) atoms. The van der Waals surface area contributed by atoms with Gasteiger partial charge in [0.25, 0.3) is 0 Å². The van der Waals surface area contributed by atoms with Crippen LogP contribution in [0.1, 0.15) is 188 Å². The molecule has 0 saturated heterocycles. The van der Waals surface area contributed by atoms with Crippen molar-refractivity contribution in [2.75, 3.05) is 26.4 Å². The maximum absolute atomic E-state index is 12.9. The van der Waals surface area contributed by atoms with Crippen molar-refractivity contribution in [3.05, 3.63) is 146 Å². The normalized spacial score (nSPS) is 14.5. The average molecular weight is 1050 g/mol. The number of phosphoric ester groups is 1. The Balaban J connectivity index is 4.89. The molecule has 3 unspecified atom stereocenters. The third-order valence-corrected chi connectivity index (χ3v) is 11.7. The van der Waals surface area contributed by atoms with E-state index in [0.717, 1.165) is 128 Å². The lowest BCUT2D eigenvalue weighted by Crippen LogP contribution is -2.30. The smallest absolute Gasteiger partial charge is 0.462 e. The van der Waals surface area contributed by atoms with Crippen LogP contribution in [0.5, 0.6) is 0 Å². The lowest BCUT2D eigenvalue weighted by Gasteiger charge is -2.21. The Morgan fingerprint density at radius 1 is 0.378 bits per heavy atom. The highest BCUT2D eigenvalue weighted by Gasteiger charge is 2.28. The highest BCUT2D eigenvalue weighted by molar-refractivity contribution is 7.47. The lowest BCUT2D eigenvalue weighted by molar-refractivity contribution is -0.161. The van der Waals surface area contributed by atoms with Gasteiger partial charge in [-0.15, -0.1) is 0 Å². The maximum atomic E-state index is 12.9. The molecule has 2 N–H and O–H groups in total. The molecule has 0 amide bonds. The summed E-state index contributed by atoms with van der Waals surface area (Å²) in [5.41, 5.74) is 0. The second-order valence-electron chi connectivity index (χ2n) is 17.6. The van der Waals surface area contributed by atoms with Gasteiger partial charge in [0.2, 0.25) is 0 Å². The molecule has 0 aromatic heterocycles. The molecule has 0 rings (SSSR count). The third kappa shape index (κ3) is 52.2. The first-order valence-electron chi connectivity index (χ1n) is 27.7. The van der Waals surface area contributed by atoms with Gasteiger partial charge in [0.1, 0.15) is 12.7 Å². The van der Waals surface area contributed by atoms with E-state index in [0.29, 0.717) is 19.3 Å². The monoisotopic (exact) mass is 1050 g/mol. The second kappa shape index (κ2) is 54.6. The molecule has 0 heterocycles. The van der Waals surface area contributed by atoms with Crippen LogP contribution < -0.4 is 0 Å². The third-order valence-electron chi connectivity index (χ3n) is 10.7. The summed E-state index contributed by atoms with van der Waals surface area (Å²) in [5.74, 6) is -1.61. The van der Waals surface area contributed by atoms with Gasteiger partial charge in [-0.05, 0) is 135 Å². The molecule has 0 saturated carbocycles. The van der Waals surface area contributed by atoms with Crippen LogP contribution >= 0.6 is 7.82 Å². The fourth-order valence-corrected chi connectivity index (χ4v) is 7.40. The van der Waals surface area contributed by atoms with Crippen molar-refractivity contribution in [3.63, 3.8) is 0 Å². The van der Waals surface area contributed by atoms with Crippen LogP contribution in [-0.2, 0) is 42.2 Å². The number of hydrogen-bond acceptors (Lipinski definition) is 10. The molecule has 0 aliphatic heterocycles. The van der Waals surface area contributed by atoms with Crippen LogP contribution in [0.2, 0.25) is 0 Å². The molecule has 0 fully saturated rings. The van der Waals surface area contributed by atoms with Crippen molar-refractivity contribution < 1.29 is 52.2 Å². The summed E-state index contributed by atoms with van der Waals surface area (Å²) in [6.07, 6.45) is 69.6. The predicted octanol–water partition coefficient (Wildman–Crippen LogP) is 16.4. The van der Waals surface area contributed by atoms with E-state index in [1.807, 2.05) is 0 Å². The molecule has 0 aromatic carbocycles. The van der Waals surface area contributed by atoms with Gasteiger partial charge in [0.15, 0.2) is 6.10 Å². The number of rotatable bonds is 49. The Bertz CT molecular complexity index is 1800. The second-order valence-corrected chi connectivity index (χ2v) is 19.1. The number of aliphatic hydroxyl groups excluding tert-OH is 1. The zero-order valence-corrected chi connectivity index (χ0v) is 46.6. The fraction of sp³-hybridized carbons (Fsp3) is 0.565. The van der Waals surface area contributed by atoms with E-state index >= 15 is 0 Å². The summed E-state index contributed by atoms with van der Waals surface area (Å²) in [4.78, 5) is 48.5. The van der Waals surface area contributed by atoms with Crippen LogP contribution in [0, 0.1) is 0 Å². The zero-order chi connectivity index (χ0) is 54.1. The Morgan fingerprint density at radius 3 is 1.01 bits per heavy atom. The van der Waals surface area contributed by atoms with Gasteiger partial charge in [-0.25, -0.2) is 4.57 Å². The van der Waals surface area contributed by atoms with Gasteiger partial charge >= 0.3 is 25.7 Å². The number of hydrogen-bond donors (Lipinski definition) is 2. The molecule has 0 bridgehead atoms. The first kappa shape index (κ1) is 69.4. The van der Waals surface area contributed by atoms with Gasteiger partial charge in [0.05, 0.1) is 19.8 Å². The number of unbranched alkanes of at least 4 members (excludes halogenated alkanes) is 8. The number of phosphoric acid groups is 1. The molecule has 3 atom stereocenters. The highest BCUT2D eigenvalue weighted by Crippen LogP contribution is 2.43. The Hall–Kier alpha value is -4.64. The minimum absolute atomic E-state index is 0.110. The molecule has 416 valence electrons. The van der Waals surface area contributed by atoms with E-state index in [2.05, 4.69) is 167 Å². The van der Waals surface area contributed by atoms with E-state index in [1.54, 1.807) is 0 Å². The molecule has 0 radical (unpaired) electrons. The van der Waals surface area contributed by atoms with Crippen molar-refractivity contribution in [3.8, 4) is 0 Å². The summed E-state index contributed by atoms with van der Waals surface area (Å²) in [7, 11) is -4.78. The topological polar surface area (TPSA) is 155 Å². The van der Waals surface area contributed by atoms with Crippen molar-refractivity contribution in [1.29, 1.82) is 0 Å². The summed E-state index contributed by atoms with van der Waals surface area (Å²) in [5, 5.41) is 9.80. The van der Waals surface area contributed by atoms with E-state index in [4.69, 9.17) is 23.3 Å². The summed E-state index contributed by atoms with van der Waals surface area (Å²) in [6.45, 7) is 4.14. The van der Waals surface area contributed by atoms with Crippen LogP contribution in [0.4, 0.5) is 0 Å². The van der Waals surface area contributed by atoms with E-state index < -0.39 is 57.8 Å². The molecular weight excluding hydrogens is 952 g/mol. The fourth-order valence-electron chi connectivity index (χ4n) is 6.62. The molecule has 0 aliphatic rings. The van der Waals surface area contributed by atoms with Gasteiger partial charge in [-0.3, -0.25) is 23.4 Å². The Kier molecular flexibility index (Phi) is 51.2. The number of ether oxygens (including phenoxy) is 3. The summed E-state index contributed by atoms with van der Waals surface area (Å²) >= 11 is 0. The first-order valence-corrected chi connectivity index (χ1v) is 29.2. The average Bonchev–Trinajstić information content (AvgIpc) is 3.39. The van der Waals surface area contributed by atoms with Crippen molar-refractivity contribution in [1.82, 2.24) is 0 Å². The van der Waals surface area contributed by atoms with Gasteiger partial charge in [-0.2, -0.15) is 0 Å². The van der Waals surface area contributed by atoms with E-state index in [-0.39, 0.29) is 25.9 Å². The zero-order valence-electron chi connectivity index (χ0n) is 45.7. The largest absolute Gasteiger partial charge is 0.472 e. The molecule has 0 aliphatic carbocycles. The molecule has 11 nitrogen and oxygen atoms in total. The van der Waals surface area contributed by atoms with Crippen LogP contribution in [0.25, 0.3) is 0 Å². The van der Waals surface area contributed by atoms with Gasteiger partial charge in [-0.1, -0.05) is 179 Å². The number of aliphatic hydroxyl groups is 1. The minimum Gasteiger partial charge on any atom is -0.462 e. The molecular formula is C62H97O11P.